The van der Waals surface area contributed by atoms with Crippen LogP contribution in [0, 0.1) is 0 Å². The molecule has 10 rings (SSSR count). The fraction of sp³-hybridized carbons (Fsp3) is 0.0612. The van der Waals surface area contributed by atoms with Crippen LogP contribution < -0.4 is 0 Å². The van der Waals surface area contributed by atoms with Gasteiger partial charge in [0.15, 0.2) is 0 Å². The molecule has 0 aliphatic heterocycles. The molecule has 0 saturated heterocycles. The minimum atomic E-state index is -0.109. The van der Waals surface area contributed by atoms with E-state index in [-0.39, 0.29) is 5.41 Å². The molecule has 0 spiro atoms. The number of rotatable bonds is 3. The molecule has 0 bridgehead atoms. The average Bonchev–Trinajstić information content (AvgIpc) is 3.39. The minimum Gasteiger partial charge on any atom is -0.0616 e. The van der Waals surface area contributed by atoms with Crippen molar-refractivity contribution >= 4 is 43.1 Å². The summed E-state index contributed by atoms with van der Waals surface area (Å²) in [5.74, 6) is 0. The molecule has 0 radical (unpaired) electrons. The predicted octanol–water partition coefficient (Wildman–Crippen LogP) is 13.6. The van der Waals surface area contributed by atoms with E-state index in [9.17, 15) is 0 Å². The number of benzene rings is 9. The first-order valence-corrected chi connectivity index (χ1v) is 17.3. The van der Waals surface area contributed by atoms with Crippen LogP contribution in [0.5, 0.6) is 0 Å². The maximum atomic E-state index is 2.44. The molecule has 0 heteroatoms. The Balaban J connectivity index is 1.06. The molecule has 0 unspecified atom stereocenters. The second-order valence-electron chi connectivity index (χ2n) is 14.1. The summed E-state index contributed by atoms with van der Waals surface area (Å²) in [7, 11) is 0. The highest BCUT2D eigenvalue weighted by molar-refractivity contribution is 6.23. The summed E-state index contributed by atoms with van der Waals surface area (Å²) in [5.41, 5.74) is 12.9. The molecule has 0 heterocycles. The molecule has 1 aliphatic carbocycles. The summed E-state index contributed by atoms with van der Waals surface area (Å²) in [5, 5.41) is 10.3. The zero-order valence-corrected chi connectivity index (χ0v) is 27.7. The third kappa shape index (κ3) is 4.31. The first kappa shape index (κ1) is 28.1. The third-order valence-electron chi connectivity index (χ3n) is 11.0. The Morgan fingerprint density at radius 1 is 0.306 bits per heavy atom. The van der Waals surface area contributed by atoms with Gasteiger partial charge < -0.3 is 0 Å². The van der Waals surface area contributed by atoms with Crippen molar-refractivity contribution in [3.8, 4) is 44.5 Å². The van der Waals surface area contributed by atoms with E-state index in [4.69, 9.17) is 0 Å². The Bertz CT molecular complexity index is 2800. The number of hydrogen-bond acceptors (Lipinski definition) is 0. The highest BCUT2D eigenvalue weighted by atomic mass is 14.4. The van der Waals surface area contributed by atoms with Gasteiger partial charge in [-0.3, -0.25) is 0 Å². The van der Waals surface area contributed by atoms with Crippen molar-refractivity contribution < 1.29 is 0 Å². The van der Waals surface area contributed by atoms with E-state index in [0.717, 1.165) is 0 Å². The highest BCUT2D eigenvalue weighted by Crippen LogP contribution is 2.51. The molecule has 9 aromatic rings. The summed E-state index contributed by atoms with van der Waals surface area (Å²) < 4.78 is 0. The summed E-state index contributed by atoms with van der Waals surface area (Å²) in [6, 6.07) is 63.2. The lowest BCUT2D eigenvalue weighted by molar-refractivity contribution is 0.661. The van der Waals surface area contributed by atoms with Crippen molar-refractivity contribution in [2.45, 2.75) is 19.3 Å². The van der Waals surface area contributed by atoms with Gasteiger partial charge in [-0.1, -0.05) is 153 Å². The summed E-state index contributed by atoms with van der Waals surface area (Å²) >= 11 is 0. The van der Waals surface area contributed by atoms with Crippen LogP contribution in [0.3, 0.4) is 0 Å². The fourth-order valence-corrected chi connectivity index (χ4v) is 8.45. The Labute approximate surface area is 286 Å². The lowest BCUT2D eigenvalue weighted by atomic mass is 9.80. The predicted molar refractivity (Wildman–Crippen MR) is 210 cm³/mol. The normalized spacial score (nSPS) is 13.3. The van der Waals surface area contributed by atoms with Crippen molar-refractivity contribution in [2.24, 2.45) is 0 Å². The second-order valence-corrected chi connectivity index (χ2v) is 14.1. The maximum absolute atomic E-state index is 2.44. The van der Waals surface area contributed by atoms with Crippen molar-refractivity contribution in [1.29, 1.82) is 0 Å². The zero-order valence-electron chi connectivity index (χ0n) is 27.7. The van der Waals surface area contributed by atoms with Crippen molar-refractivity contribution in [2.75, 3.05) is 0 Å². The van der Waals surface area contributed by atoms with E-state index in [1.165, 1.54) is 98.7 Å². The Morgan fingerprint density at radius 2 is 0.837 bits per heavy atom. The van der Waals surface area contributed by atoms with Gasteiger partial charge in [0, 0.05) is 5.41 Å². The van der Waals surface area contributed by atoms with E-state index in [0.29, 0.717) is 0 Å². The maximum Gasteiger partial charge on any atom is 0.0159 e. The van der Waals surface area contributed by atoms with Gasteiger partial charge in [-0.2, -0.15) is 0 Å². The van der Waals surface area contributed by atoms with Gasteiger partial charge in [0.05, 0.1) is 0 Å². The van der Waals surface area contributed by atoms with E-state index in [2.05, 4.69) is 184 Å². The van der Waals surface area contributed by atoms with Crippen LogP contribution in [0.2, 0.25) is 0 Å². The quantitative estimate of drug-likeness (QED) is 0.172. The van der Waals surface area contributed by atoms with E-state index < -0.39 is 0 Å². The smallest absolute Gasteiger partial charge is 0.0159 e. The molecule has 1 aliphatic rings. The van der Waals surface area contributed by atoms with Gasteiger partial charge in [0.2, 0.25) is 0 Å². The van der Waals surface area contributed by atoms with Gasteiger partial charge in [0.1, 0.15) is 0 Å². The molecule has 0 nitrogen and oxygen atoms in total. The minimum absolute atomic E-state index is 0.109. The van der Waals surface area contributed by atoms with Crippen LogP contribution in [-0.4, -0.2) is 0 Å². The Kier molecular flexibility index (Phi) is 6.02. The molecule has 0 N–H and O–H groups in total. The van der Waals surface area contributed by atoms with Crippen LogP contribution in [0.1, 0.15) is 25.0 Å². The molecule has 9 aromatic carbocycles. The lowest BCUT2D eigenvalue weighted by Crippen LogP contribution is -2.15. The first-order chi connectivity index (χ1) is 24.0. The number of hydrogen-bond donors (Lipinski definition) is 0. The summed E-state index contributed by atoms with van der Waals surface area (Å²) in [6.07, 6.45) is 0. The van der Waals surface area contributed by atoms with Crippen LogP contribution in [0.25, 0.3) is 87.6 Å². The summed E-state index contributed by atoms with van der Waals surface area (Å²) in [6.45, 7) is 4.76. The SMILES string of the molecule is CC1(C)c2cc(-c3cccc(-c4cc5ccc6ccccc6c5c5ccccc45)c3)ccc2-c2ccc(-c3ccc4ccccc4c3)cc21. The van der Waals surface area contributed by atoms with Crippen LogP contribution in [0.4, 0.5) is 0 Å². The zero-order chi connectivity index (χ0) is 32.7. The molecule has 0 aromatic heterocycles. The van der Waals surface area contributed by atoms with E-state index >= 15 is 0 Å². The Morgan fingerprint density at radius 3 is 1.59 bits per heavy atom. The van der Waals surface area contributed by atoms with Crippen LogP contribution in [-0.2, 0) is 5.41 Å². The molecular formula is C49H34. The first-order valence-electron chi connectivity index (χ1n) is 17.3. The molecule has 0 saturated carbocycles. The van der Waals surface area contributed by atoms with Crippen molar-refractivity contribution in [3.05, 3.63) is 181 Å². The fourth-order valence-electron chi connectivity index (χ4n) is 8.45. The van der Waals surface area contributed by atoms with Gasteiger partial charge in [-0.05, 0) is 129 Å². The number of fused-ring (bicyclic) bond motifs is 9. The van der Waals surface area contributed by atoms with Crippen LogP contribution in [0.15, 0.2) is 170 Å². The van der Waals surface area contributed by atoms with E-state index in [1.54, 1.807) is 0 Å². The average molecular weight is 623 g/mol. The molecular weight excluding hydrogens is 589 g/mol. The molecule has 230 valence electrons. The van der Waals surface area contributed by atoms with Crippen molar-refractivity contribution in [3.63, 3.8) is 0 Å². The molecule has 0 amide bonds. The molecule has 0 fully saturated rings. The third-order valence-corrected chi connectivity index (χ3v) is 11.0. The van der Waals surface area contributed by atoms with Gasteiger partial charge in [-0.15, -0.1) is 0 Å². The standard InChI is InChI=1S/C49H34/c1-49(2)46-29-36(22-24-42(46)43-25-23-37(30-47(43)49)35-20-18-31-10-3-4-12-33(31)26-35)34-13-9-14-38(27-34)45-28-39-21-19-32-11-5-6-15-40(32)48(39)44-17-8-7-16-41(44)45/h3-30H,1-2H3. The second kappa shape index (κ2) is 10.5. The molecule has 49 heavy (non-hydrogen) atoms. The molecule has 0 atom stereocenters. The highest BCUT2D eigenvalue weighted by Gasteiger charge is 2.36. The summed E-state index contributed by atoms with van der Waals surface area (Å²) in [4.78, 5) is 0. The Hall–Kier alpha value is -5.98. The van der Waals surface area contributed by atoms with Crippen LogP contribution >= 0.6 is 0 Å². The van der Waals surface area contributed by atoms with Gasteiger partial charge in [-0.25, -0.2) is 0 Å². The van der Waals surface area contributed by atoms with E-state index in [1.807, 2.05) is 0 Å². The largest absolute Gasteiger partial charge is 0.0616 e. The van der Waals surface area contributed by atoms with Gasteiger partial charge >= 0.3 is 0 Å². The topological polar surface area (TPSA) is 0 Å². The van der Waals surface area contributed by atoms with Crippen molar-refractivity contribution in [1.82, 2.24) is 0 Å². The van der Waals surface area contributed by atoms with Gasteiger partial charge in [0.25, 0.3) is 0 Å². The monoisotopic (exact) mass is 622 g/mol. The lowest BCUT2D eigenvalue weighted by Gasteiger charge is -2.23.